The highest BCUT2D eigenvalue weighted by Crippen LogP contribution is 2.22. The van der Waals surface area contributed by atoms with Gasteiger partial charge in [0.2, 0.25) is 0 Å². The van der Waals surface area contributed by atoms with Crippen LogP contribution in [0.25, 0.3) is 0 Å². The fraction of sp³-hybridized carbons (Fsp3) is 0.286. The third-order valence-electron chi connectivity index (χ3n) is 3.77. The summed E-state index contributed by atoms with van der Waals surface area (Å²) in [6.07, 6.45) is 0.689. The molecule has 0 unspecified atom stereocenters. The maximum absolute atomic E-state index is 13.0. The Labute approximate surface area is 173 Å². The minimum Gasteiger partial charge on any atom is -0.494 e. The van der Waals surface area contributed by atoms with Crippen LogP contribution in [0.2, 0.25) is 5.02 Å². The second kappa shape index (κ2) is 11.2. The molecule has 0 saturated heterocycles. The lowest BCUT2D eigenvalue weighted by molar-refractivity contribution is -0.147. The number of amides is 1. The molecule has 154 valence electrons. The zero-order chi connectivity index (χ0) is 21.2. The molecular formula is C21H21ClFNO5. The van der Waals surface area contributed by atoms with Crippen LogP contribution in [0.4, 0.5) is 10.1 Å². The summed E-state index contributed by atoms with van der Waals surface area (Å²) >= 11 is 5.81. The molecule has 0 fully saturated rings. The van der Waals surface area contributed by atoms with Gasteiger partial charge in [0.1, 0.15) is 11.6 Å². The van der Waals surface area contributed by atoms with Crippen molar-refractivity contribution in [3.8, 4) is 5.75 Å². The number of Topliss-reactive ketones (excluding diaryl/α,β-unsaturated/α-hetero) is 1. The van der Waals surface area contributed by atoms with Crippen molar-refractivity contribution in [3.63, 3.8) is 0 Å². The van der Waals surface area contributed by atoms with Crippen LogP contribution in [0.3, 0.4) is 0 Å². The van der Waals surface area contributed by atoms with Gasteiger partial charge in [0.15, 0.2) is 12.4 Å². The fourth-order valence-corrected chi connectivity index (χ4v) is 2.53. The average molecular weight is 422 g/mol. The zero-order valence-corrected chi connectivity index (χ0v) is 16.6. The van der Waals surface area contributed by atoms with Gasteiger partial charge in [0, 0.05) is 12.0 Å². The molecule has 0 aromatic heterocycles. The van der Waals surface area contributed by atoms with Crippen LogP contribution in [-0.4, -0.2) is 30.9 Å². The number of anilines is 1. The van der Waals surface area contributed by atoms with Crippen LogP contribution in [0.1, 0.15) is 36.5 Å². The Morgan fingerprint density at radius 3 is 2.45 bits per heavy atom. The van der Waals surface area contributed by atoms with Gasteiger partial charge < -0.3 is 14.8 Å². The van der Waals surface area contributed by atoms with Gasteiger partial charge in [-0.2, -0.15) is 0 Å². The summed E-state index contributed by atoms with van der Waals surface area (Å²) in [4.78, 5) is 35.7. The van der Waals surface area contributed by atoms with Gasteiger partial charge in [0.25, 0.3) is 5.91 Å². The average Bonchev–Trinajstić information content (AvgIpc) is 2.71. The number of halogens is 2. The van der Waals surface area contributed by atoms with Crippen molar-refractivity contribution in [2.24, 2.45) is 0 Å². The van der Waals surface area contributed by atoms with E-state index in [1.165, 1.54) is 6.07 Å². The van der Waals surface area contributed by atoms with Crippen molar-refractivity contribution in [1.29, 1.82) is 0 Å². The van der Waals surface area contributed by atoms with Gasteiger partial charge in [-0.15, -0.1) is 0 Å². The van der Waals surface area contributed by atoms with E-state index in [0.717, 1.165) is 18.6 Å². The second-order valence-electron chi connectivity index (χ2n) is 6.13. The second-order valence-corrected chi connectivity index (χ2v) is 6.54. The summed E-state index contributed by atoms with van der Waals surface area (Å²) in [5.74, 6) is -1.38. The molecule has 0 heterocycles. The highest BCUT2D eigenvalue weighted by atomic mass is 35.5. The first-order valence-electron chi connectivity index (χ1n) is 9.05. The lowest BCUT2D eigenvalue weighted by atomic mass is 10.1. The molecule has 0 aliphatic carbocycles. The van der Waals surface area contributed by atoms with E-state index in [1.807, 2.05) is 6.92 Å². The molecule has 0 aliphatic rings. The van der Waals surface area contributed by atoms with Crippen molar-refractivity contribution in [1.82, 2.24) is 0 Å². The van der Waals surface area contributed by atoms with Gasteiger partial charge in [-0.05, 0) is 48.9 Å². The molecule has 0 spiro atoms. The van der Waals surface area contributed by atoms with E-state index in [4.69, 9.17) is 21.1 Å². The summed E-state index contributed by atoms with van der Waals surface area (Å²) in [6.45, 7) is 2.06. The number of carbonyl (C=O) groups is 3. The molecule has 6 nitrogen and oxygen atoms in total. The quantitative estimate of drug-likeness (QED) is 0.454. The van der Waals surface area contributed by atoms with E-state index < -0.39 is 24.3 Å². The largest absolute Gasteiger partial charge is 0.494 e. The lowest BCUT2D eigenvalue weighted by Gasteiger charge is -2.08. The topological polar surface area (TPSA) is 81.7 Å². The van der Waals surface area contributed by atoms with Crippen LogP contribution < -0.4 is 10.1 Å². The van der Waals surface area contributed by atoms with Gasteiger partial charge in [-0.3, -0.25) is 14.4 Å². The van der Waals surface area contributed by atoms with Crippen LogP contribution in [0.15, 0.2) is 42.5 Å². The number of ether oxygens (including phenoxy) is 2. The zero-order valence-electron chi connectivity index (χ0n) is 15.9. The number of carbonyl (C=O) groups excluding carboxylic acids is 3. The molecule has 0 atom stereocenters. The molecule has 2 aromatic carbocycles. The number of hydrogen-bond donors (Lipinski definition) is 1. The molecule has 29 heavy (non-hydrogen) atoms. The monoisotopic (exact) mass is 421 g/mol. The number of rotatable bonds is 10. The molecule has 2 rings (SSSR count). The van der Waals surface area contributed by atoms with Gasteiger partial charge in [-0.1, -0.05) is 18.5 Å². The van der Waals surface area contributed by atoms with Gasteiger partial charge in [0.05, 0.1) is 23.7 Å². The Kier molecular flexibility index (Phi) is 8.61. The molecule has 0 saturated carbocycles. The number of ketones is 1. The minimum atomic E-state index is -0.679. The van der Waals surface area contributed by atoms with Crippen molar-refractivity contribution in [2.45, 2.75) is 26.2 Å². The van der Waals surface area contributed by atoms with E-state index >= 15 is 0 Å². The van der Waals surface area contributed by atoms with Crippen LogP contribution in [0, 0.1) is 5.82 Å². The molecule has 2 aromatic rings. The van der Waals surface area contributed by atoms with Gasteiger partial charge in [-0.25, -0.2) is 4.39 Å². The highest BCUT2D eigenvalue weighted by molar-refractivity contribution is 6.33. The van der Waals surface area contributed by atoms with Gasteiger partial charge >= 0.3 is 5.97 Å². The predicted molar refractivity (Wildman–Crippen MR) is 107 cm³/mol. The number of nitrogens with one attached hydrogen (secondary N) is 1. The summed E-state index contributed by atoms with van der Waals surface area (Å²) < 4.78 is 23.3. The molecular weight excluding hydrogens is 401 g/mol. The molecule has 1 N–H and O–H groups in total. The Morgan fingerprint density at radius 2 is 1.79 bits per heavy atom. The summed E-state index contributed by atoms with van der Waals surface area (Å²) in [7, 11) is 0. The molecule has 0 bridgehead atoms. The fourth-order valence-electron chi connectivity index (χ4n) is 2.31. The molecule has 0 radical (unpaired) electrons. The van der Waals surface area contributed by atoms with Crippen molar-refractivity contribution < 1.29 is 28.2 Å². The van der Waals surface area contributed by atoms with Crippen molar-refractivity contribution >= 4 is 34.9 Å². The first-order chi connectivity index (χ1) is 13.9. The minimum absolute atomic E-state index is 0.0291. The maximum atomic E-state index is 13.0. The van der Waals surface area contributed by atoms with E-state index in [0.29, 0.717) is 17.9 Å². The first-order valence-corrected chi connectivity index (χ1v) is 9.43. The van der Waals surface area contributed by atoms with Crippen LogP contribution in [-0.2, 0) is 14.3 Å². The third kappa shape index (κ3) is 7.54. The summed E-state index contributed by atoms with van der Waals surface area (Å²) in [5.41, 5.74) is 0.668. The lowest BCUT2D eigenvalue weighted by Crippen LogP contribution is -2.21. The van der Waals surface area contributed by atoms with E-state index in [-0.39, 0.29) is 29.3 Å². The van der Waals surface area contributed by atoms with Crippen LogP contribution in [0.5, 0.6) is 5.75 Å². The standard InChI is InChI=1S/C21H21ClFNO5/c1-2-11-28-16-6-3-14(4-7-16)19(25)9-10-21(27)29-13-20(26)24-18-8-5-15(23)12-17(18)22/h3-8,12H,2,9-11,13H2,1H3,(H,24,26). The Hall–Kier alpha value is -2.93. The smallest absolute Gasteiger partial charge is 0.306 e. The SMILES string of the molecule is CCCOc1ccc(C(=O)CCC(=O)OCC(=O)Nc2ccc(F)cc2Cl)cc1. The van der Waals surface area contributed by atoms with E-state index in [9.17, 15) is 18.8 Å². The van der Waals surface area contributed by atoms with Crippen molar-refractivity contribution in [3.05, 3.63) is 58.9 Å². The predicted octanol–water partition coefficient (Wildman–Crippen LogP) is 4.41. The Morgan fingerprint density at radius 1 is 1.07 bits per heavy atom. The number of hydrogen-bond acceptors (Lipinski definition) is 5. The summed E-state index contributed by atoms with van der Waals surface area (Å²) in [5, 5.41) is 2.44. The molecule has 0 aliphatic heterocycles. The highest BCUT2D eigenvalue weighted by Gasteiger charge is 2.13. The first kappa shape index (κ1) is 22.4. The third-order valence-corrected chi connectivity index (χ3v) is 4.09. The Balaban J connectivity index is 1.73. The maximum Gasteiger partial charge on any atom is 0.306 e. The Bertz CT molecular complexity index is 870. The normalized spacial score (nSPS) is 10.3. The van der Waals surface area contributed by atoms with E-state index in [1.54, 1.807) is 24.3 Å². The van der Waals surface area contributed by atoms with Crippen molar-refractivity contribution in [2.75, 3.05) is 18.5 Å². The molecule has 1 amide bonds. The number of benzene rings is 2. The number of esters is 1. The van der Waals surface area contributed by atoms with Crippen LogP contribution >= 0.6 is 11.6 Å². The molecule has 8 heteroatoms. The summed E-state index contributed by atoms with van der Waals surface area (Å²) in [6, 6.07) is 10.2. The van der Waals surface area contributed by atoms with E-state index in [2.05, 4.69) is 5.32 Å².